The number of benzene rings is 1. The van der Waals surface area contributed by atoms with E-state index in [2.05, 4.69) is 6.92 Å². The van der Waals surface area contributed by atoms with E-state index >= 15 is 0 Å². The third-order valence-corrected chi connectivity index (χ3v) is 1.49. The molecule has 0 N–H and O–H groups in total. The molecule has 0 aliphatic heterocycles. The van der Waals surface area contributed by atoms with Crippen LogP contribution in [0.5, 0.6) is 0 Å². The van der Waals surface area contributed by atoms with Crippen LogP contribution in [0.1, 0.15) is 18.2 Å². The molecule has 59 valence electrons. The third-order valence-electron chi connectivity index (χ3n) is 1.49. The first-order valence-electron chi connectivity index (χ1n) is 3.43. The van der Waals surface area contributed by atoms with Crippen molar-refractivity contribution in [2.75, 3.05) is 0 Å². The zero-order chi connectivity index (χ0) is 8.27. The number of hydrogen-bond donors (Lipinski definition) is 0. The summed E-state index contributed by atoms with van der Waals surface area (Å²) in [5, 5.41) is 0. The van der Waals surface area contributed by atoms with E-state index in [1.54, 1.807) is 0 Å². The Morgan fingerprint density at radius 3 is 2.27 bits per heavy atom. The van der Waals surface area contributed by atoms with Gasteiger partial charge in [-0.25, -0.2) is 8.78 Å². The maximum Gasteiger partial charge on any atom is 0.125 e. The quantitative estimate of drug-likeness (QED) is 0.615. The van der Waals surface area contributed by atoms with Crippen LogP contribution in [0.25, 0.3) is 0 Å². The zero-order valence-electron chi connectivity index (χ0n) is 6.06. The molecule has 0 nitrogen and oxygen atoms in total. The number of rotatable bonds is 2. The summed E-state index contributed by atoms with van der Waals surface area (Å²) in [6.45, 7) is 3.42. The summed E-state index contributed by atoms with van der Waals surface area (Å²) in [6.07, 6.45) is -0.887. The van der Waals surface area contributed by atoms with Crippen molar-refractivity contribution in [3.8, 4) is 0 Å². The topological polar surface area (TPSA) is 0 Å². The van der Waals surface area contributed by atoms with E-state index in [1.165, 1.54) is 24.3 Å². The molecule has 0 aromatic heterocycles. The highest BCUT2D eigenvalue weighted by atomic mass is 19.1. The molecule has 0 bridgehead atoms. The Labute approximate surface area is 64.9 Å². The molecule has 0 aliphatic carbocycles. The van der Waals surface area contributed by atoms with Crippen molar-refractivity contribution in [3.63, 3.8) is 0 Å². The Bertz CT molecular complexity index is 216. The van der Waals surface area contributed by atoms with Crippen LogP contribution in [0.15, 0.2) is 24.3 Å². The zero-order valence-corrected chi connectivity index (χ0v) is 6.06. The summed E-state index contributed by atoms with van der Waals surface area (Å²) in [5.41, 5.74) is 0.487. The molecule has 2 heteroatoms. The van der Waals surface area contributed by atoms with E-state index in [4.69, 9.17) is 0 Å². The predicted molar refractivity (Wildman–Crippen MR) is 40.2 cm³/mol. The van der Waals surface area contributed by atoms with Crippen molar-refractivity contribution in [1.29, 1.82) is 0 Å². The smallest absolute Gasteiger partial charge is 0.125 e. The fourth-order valence-electron chi connectivity index (χ4n) is 0.838. The lowest BCUT2D eigenvalue weighted by atomic mass is 10.1. The van der Waals surface area contributed by atoms with E-state index in [-0.39, 0.29) is 12.2 Å². The summed E-state index contributed by atoms with van der Waals surface area (Å²) in [5.74, 6) is -0.343. The van der Waals surface area contributed by atoms with Crippen LogP contribution in [0, 0.1) is 12.7 Å². The van der Waals surface area contributed by atoms with Crippen molar-refractivity contribution in [1.82, 2.24) is 0 Å². The Morgan fingerprint density at radius 2 is 1.82 bits per heavy atom. The van der Waals surface area contributed by atoms with E-state index in [1.807, 2.05) is 0 Å². The molecule has 1 unspecified atom stereocenters. The Kier molecular flexibility index (Phi) is 2.58. The van der Waals surface area contributed by atoms with Gasteiger partial charge in [0.15, 0.2) is 0 Å². The van der Waals surface area contributed by atoms with Crippen LogP contribution < -0.4 is 0 Å². The van der Waals surface area contributed by atoms with Crippen molar-refractivity contribution in [3.05, 3.63) is 42.6 Å². The van der Waals surface area contributed by atoms with Gasteiger partial charge in [0.2, 0.25) is 0 Å². The fraction of sp³-hybridized carbons (Fsp3) is 0.222. The lowest BCUT2D eigenvalue weighted by molar-refractivity contribution is 0.346. The van der Waals surface area contributed by atoms with Gasteiger partial charge in [0.05, 0.1) is 0 Å². The van der Waals surface area contributed by atoms with Gasteiger partial charge in [-0.2, -0.15) is 0 Å². The minimum atomic E-state index is -1.07. The highest BCUT2D eigenvalue weighted by Gasteiger charge is 2.05. The van der Waals surface area contributed by atoms with Crippen molar-refractivity contribution >= 4 is 0 Å². The average Bonchev–Trinajstić information content (AvgIpc) is 2.05. The second kappa shape index (κ2) is 3.46. The molecule has 1 aromatic carbocycles. The Balaban J connectivity index is 2.81. The first kappa shape index (κ1) is 8.18. The number of halogens is 2. The molecule has 1 aromatic rings. The summed E-state index contributed by atoms with van der Waals surface area (Å²) in [6, 6.07) is 5.37. The molecule has 0 saturated heterocycles. The minimum Gasteiger partial charge on any atom is -0.242 e. The summed E-state index contributed by atoms with van der Waals surface area (Å²) < 4.78 is 25.1. The third kappa shape index (κ3) is 2.00. The predicted octanol–water partition coefficient (Wildman–Crippen LogP) is 3.06. The first-order chi connectivity index (χ1) is 5.24. The van der Waals surface area contributed by atoms with Crippen LogP contribution >= 0.6 is 0 Å². The lowest BCUT2D eigenvalue weighted by Gasteiger charge is -2.03. The molecule has 0 amide bonds. The molecule has 0 spiro atoms. The summed E-state index contributed by atoms with van der Waals surface area (Å²) >= 11 is 0. The second-order valence-electron chi connectivity index (χ2n) is 2.31. The normalized spacial score (nSPS) is 13.0. The molecule has 0 aliphatic rings. The monoisotopic (exact) mass is 155 g/mol. The van der Waals surface area contributed by atoms with Crippen LogP contribution in [0.4, 0.5) is 8.78 Å². The number of alkyl halides is 1. The molecule has 0 heterocycles. The molecule has 1 atom stereocenters. The SMILES string of the molecule is [CH2]CC(F)c1ccc(F)cc1. The van der Waals surface area contributed by atoms with Gasteiger partial charge in [-0.15, -0.1) is 0 Å². The molecule has 1 radical (unpaired) electrons. The van der Waals surface area contributed by atoms with Gasteiger partial charge in [-0.3, -0.25) is 0 Å². The van der Waals surface area contributed by atoms with Gasteiger partial charge < -0.3 is 0 Å². The van der Waals surface area contributed by atoms with Crippen molar-refractivity contribution in [2.24, 2.45) is 0 Å². The first-order valence-corrected chi connectivity index (χ1v) is 3.43. The maximum atomic E-state index is 12.8. The van der Waals surface area contributed by atoms with E-state index in [0.717, 1.165) is 0 Å². The van der Waals surface area contributed by atoms with Crippen molar-refractivity contribution in [2.45, 2.75) is 12.6 Å². The van der Waals surface area contributed by atoms with Crippen molar-refractivity contribution < 1.29 is 8.78 Å². The van der Waals surface area contributed by atoms with Crippen LogP contribution in [-0.2, 0) is 0 Å². The lowest BCUT2D eigenvalue weighted by Crippen LogP contribution is -1.88. The Hall–Kier alpha value is -0.920. The highest BCUT2D eigenvalue weighted by molar-refractivity contribution is 5.18. The van der Waals surface area contributed by atoms with Gasteiger partial charge in [0, 0.05) is 0 Å². The van der Waals surface area contributed by atoms with E-state index < -0.39 is 6.17 Å². The maximum absolute atomic E-state index is 12.8. The molecular weight excluding hydrogens is 146 g/mol. The standard InChI is InChI=1S/C9H9F2/c1-2-9(11)7-3-5-8(10)6-4-7/h3-6,9H,1-2H2. The highest BCUT2D eigenvalue weighted by Crippen LogP contribution is 2.19. The summed E-state index contributed by atoms with van der Waals surface area (Å²) in [7, 11) is 0. The summed E-state index contributed by atoms with van der Waals surface area (Å²) in [4.78, 5) is 0. The number of hydrogen-bond acceptors (Lipinski definition) is 0. The molecule has 11 heavy (non-hydrogen) atoms. The van der Waals surface area contributed by atoms with E-state index in [9.17, 15) is 8.78 Å². The molecule has 0 saturated carbocycles. The van der Waals surface area contributed by atoms with Gasteiger partial charge in [0.1, 0.15) is 12.0 Å². The largest absolute Gasteiger partial charge is 0.242 e. The molecule has 0 fully saturated rings. The van der Waals surface area contributed by atoms with Crippen LogP contribution in [0.3, 0.4) is 0 Å². The molecular formula is C9H9F2. The fourth-order valence-corrected chi connectivity index (χ4v) is 0.838. The molecule has 1 rings (SSSR count). The second-order valence-corrected chi connectivity index (χ2v) is 2.31. The Morgan fingerprint density at radius 1 is 1.27 bits per heavy atom. The van der Waals surface area contributed by atoms with Gasteiger partial charge >= 0.3 is 0 Å². The average molecular weight is 155 g/mol. The van der Waals surface area contributed by atoms with Gasteiger partial charge in [-0.05, 0) is 24.1 Å². The van der Waals surface area contributed by atoms with Gasteiger partial charge in [0.25, 0.3) is 0 Å². The van der Waals surface area contributed by atoms with Gasteiger partial charge in [-0.1, -0.05) is 19.1 Å². The van der Waals surface area contributed by atoms with Crippen LogP contribution in [-0.4, -0.2) is 0 Å². The van der Waals surface area contributed by atoms with Crippen LogP contribution in [0.2, 0.25) is 0 Å². The van der Waals surface area contributed by atoms with E-state index in [0.29, 0.717) is 5.56 Å². The minimum absolute atomic E-state index is 0.186.